The predicted molar refractivity (Wildman–Crippen MR) is 86.6 cm³/mol. The number of hydrogen-bond donors (Lipinski definition) is 1. The number of carbonyl (C=O) groups is 2. The highest BCUT2D eigenvalue weighted by atomic mass is 16.5. The minimum atomic E-state index is -0.354. The van der Waals surface area contributed by atoms with Gasteiger partial charge in [-0.2, -0.15) is 0 Å². The number of aliphatic hydroxyl groups excluding tert-OH is 1. The number of ether oxygens (including phenoxy) is 1. The van der Waals surface area contributed by atoms with Crippen molar-refractivity contribution in [1.29, 1.82) is 0 Å². The van der Waals surface area contributed by atoms with Gasteiger partial charge >= 0.3 is 0 Å². The summed E-state index contributed by atoms with van der Waals surface area (Å²) in [7, 11) is 3.15. The van der Waals surface area contributed by atoms with E-state index in [2.05, 4.69) is 0 Å². The Morgan fingerprint density at radius 1 is 1.17 bits per heavy atom. The van der Waals surface area contributed by atoms with E-state index >= 15 is 0 Å². The van der Waals surface area contributed by atoms with E-state index in [1.54, 1.807) is 36.2 Å². The van der Waals surface area contributed by atoms with Gasteiger partial charge in [0.2, 0.25) is 0 Å². The number of rotatable bonds is 7. The molecule has 1 aliphatic heterocycles. The molecule has 0 aliphatic carbocycles. The van der Waals surface area contributed by atoms with Gasteiger partial charge in [-0.15, -0.1) is 0 Å². The zero-order valence-corrected chi connectivity index (χ0v) is 13.7. The van der Waals surface area contributed by atoms with Gasteiger partial charge in [0.15, 0.2) is 0 Å². The molecule has 6 nitrogen and oxygen atoms in total. The molecule has 0 aromatic heterocycles. The third-order valence-electron chi connectivity index (χ3n) is 3.70. The molecule has 1 aliphatic rings. The van der Waals surface area contributed by atoms with Gasteiger partial charge in [-0.3, -0.25) is 14.5 Å². The predicted octanol–water partition coefficient (Wildman–Crippen LogP) is 1.11. The van der Waals surface area contributed by atoms with Crippen LogP contribution in [-0.2, 0) is 9.59 Å². The Kier molecular flexibility index (Phi) is 5.39. The Bertz CT molecular complexity index is 622. The van der Waals surface area contributed by atoms with Crippen molar-refractivity contribution >= 4 is 17.4 Å². The molecule has 0 bridgehead atoms. The average molecular weight is 318 g/mol. The molecule has 1 aromatic carbocycles. The summed E-state index contributed by atoms with van der Waals surface area (Å²) < 4.78 is 5.53. The molecule has 2 rings (SSSR count). The van der Waals surface area contributed by atoms with Crippen molar-refractivity contribution in [1.82, 2.24) is 9.80 Å². The lowest BCUT2D eigenvalue weighted by Gasteiger charge is -2.19. The third-order valence-corrected chi connectivity index (χ3v) is 3.70. The SMILES string of the molecule is CCCOc1ccc(C2=C(N(C)CCO)C(=O)N(C)C2=O)cc1. The van der Waals surface area contributed by atoms with Gasteiger partial charge in [-0.25, -0.2) is 0 Å². The maximum absolute atomic E-state index is 12.4. The van der Waals surface area contributed by atoms with Crippen molar-refractivity contribution in [2.45, 2.75) is 13.3 Å². The minimum Gasteiger partial charge on any atom is -0.494 e. The van der Waals surface area contributed by atoms with E-state index in [-0.39, 0.29) is 25.0 Å². The van der Waals surface area contributed by atoms with E-state index in [9.17, 15) is 9.59 Å². The molecule has 1 aromatic rings. The number of imide groups is 1. The lowest BCUT2D eigenvalue weighted by molar-refractivity contribution is -0.135. The summed E-state index contributed by atoms with van der Waals surface area (Å²) in [6.07, 6.45) is 0.917. The summed E-state index contributed by atoms with van der Waals surface area (Å²) in [6.45, 7) is 2.85. The number of likely N-dealkylation sites (N-methyl/N-ethyl adjacent to an activating group) is 2. The fourth-order valence-corrected chi connectivity index (χ4v) is 2.44. The van der Waals surface area contributed by atoms with E-state index in [1.165, 1.54) is 7.05 Å². The molecule has 1 N–H and O–H groups in total. The van der Waals surface area contributed by atoms with Gasteiger partial charge in [0, 0.05) is 20.6 Å². The second kappa shape index (κ2) is 7.28. The molecule has 124 valence electrons. The second-order valence-electron chi connectivity index (χ2n) is 5.41. The maximum atomic E-state index is 12.4. The number of amides is 2. The van der Waals surface area contributed by atoms with Crippen molar-refractivity contribution in [3.05, 3.63) is 35.5 Å². The molecule has 1 heterocycles. The first-order valence-electron chi connectivity index (χ1n) is 7.63. The smallest absolute Gasteiger partial charge is 0.277 e. The molecule has 2 amide bonds. The highest BCUT2D eigenvalue weighted by Crippen LogP contribution is 2.31. The normalized spacial score (nSPS) is 14.7. The molecule has 0 spiro atoms. The summed E-state index contributed by atoms with van der Waals surface area (Å²) in [4.78, 5) is 27.5. The Morgan fingerprint density at radius 3 is 2.39 bits per heavy atom. The molecule has 23 heavy (non-hydrogen) atoms. The first-order chi connectivity index (χ1) is 11.0. The molecule has 0 fully saturated rings. The van der Waals surface area contributed by atoms with Gasteiger partial charge in [0.1, 0.15) is 11.4 Å². The van der Waals surface area contributed by atoms with Crippen LogP contribution in [0.3, 0.4) is 0 Å². The molecular weight excluding hydrogens is 296 g/mol. The number of carbonyl (C=O) groups excluding carboxylic acids is 2. The van der Waals surface area contributed by atoms with Gasteiger partial charge in [-0.05, 0) is 24.1 Å². The first kappa shape index (κ1) is 17.0. The quantitative estimate of drug-likeness (QED) is 0.763. The summed E-state index contributed by atoms with van der Waals surface area (Å²) in [6, 6.07) is 7.13. The van der Waals surface area contributed by atoms with Crippen molar-refractivity contribution < 1.29 is 19.4 Å². The van der Waals surface area contributed by atoms with Crippen LogP contribution in [-0.4, -0.2) is 60.6 Å². The van der Waals surface area contributed by atoms with Crippen LogP contribution in [0.5, 0.6) is 5.75 Å². The molecule has 0 radical (unpaired) electrons. The summed E-state index contributed by atoms with van der Waals surface area (Å²) in [5.74, 6) is 0.0378. The van der Waals surface area contributed by atoms with E-state index in [4.69, 9.17) is 9.84 Å². The fourth-order valence-electron chi connectivity index (χ4n) is 2.44. The monoisotopic (exact) mass is 318 g/mol. The zero-order chi connectivity index (χ0) is 17.0. The lowest BCUT2D eigenvalue weighted by Crippen LogP contribution is -2.31. The van der Waals surface area contributed by atoms with Gasteiger partial charge < -0.3 is 14.7 Å². The average Bonchev–Trinajstić information content (AvgIpc) is 2.78. The Morgan fingerprint density at radius 2 is 1.83 bits per heavy atom. The van der Waals surface area contributed by atoms with Crippen LogP contribution in [0.4, 0.5) is 0 Å². The van der Waals surface area contributed by atoms with E-state index in [0.717, 1.165) is 17.1 Å². The van der Waals surface area contributed by atoms with Crippen LogP contribution in [0.2, 0.25) is 0 Å². The number of nitrogens with zero attached hydrogens (tertiary/aromatic N) is 2. The number of aliphatic hydroxyl groups is 1. The van der Waals surface area contributed by atoms with Crippen LogP contribution >= 0.6 is 0 Å². The minimum absolute atomic E-state index is 0.0950. The molecular formula is C17H22N2O4. The Hall–Kier alpha value is -2.34. The van der Waals surface area contributed by atoms with Crippen LogP contribution in [0.25, 0.3) is 5.57 Å². The molecule has 6 heteroatoms. The Balaban J connectivity index is 2.39. The van der Waals surface area contributed by atoms with Crippen molar-refractivity contribution in [2.75, 3.05) is 33.9 Å². The van der Waals surface area contributed by atoms with E-state index in [1.807, 2.05) is 6.92 Å². The zero-order valence-electron chi connectivity index (χ0n) is 13.7. The number of benzene rings is 1. The molecule has 0 saturated heterocycles. The van der Waals surface area contributed by atoms with Crippen LogP contribution in [0.15, 0.2) is 30.0 Å². The number of hydrogen-bond acceptors (Lipinski definition) is 5. The van der Waals surface area contributed by atoms with Gasteiger partial charge in [0.05, 0.1) is 18.8 Å². The standard InChI is InChI=1S/C17H22N2O4/c1-4-11-23-13-7-5-12(6-8-13)14-15(18(2)9-10-20)17(22)19(3)16(14)21/h5-8,20H,4,9-11H2,1-3H3. The molecule has 0 unspecified atom stereocenters. The molecule has 0 saturated carbocycles. The van der Waals surface area contributed by atoms with E-state index < -0.39 is 0 Å². The highest BCUT2D eigenvalue weighted by Gasteiger charge is 2.38. The first-order valence-corrected chi connectivity index (χ1v) is 7.63. The van der Waals surface area contributed by atoms with Crippen molar-refractivity contribution in [3.63, 3.8) is 0 Å². The van der Waals surface area contributed by atoms with Crippen molar-refractivity contribution in [3.8, 4) is 5.75 Å². The lowest BCUT2D eigenvalue weighted by atomic mass is 10.0. The summed E-state index contributed by atoms with van der Waals surface area (Å²) >= 11 is 0. The topological polar surface area (TPSA) is 70.1 Å². The summed E-state index contributed by atoms with van der Waals surface area (Å²) in [5.41, 5.74) is 1.33. The fraction of sp³-hybridized carbons (Fsp3) is 0.412. The van der Waals surface area contributed by atoms with Crippen LogP contribution in [0.1, 0.15) is 18.9 Å². The molecule has 0 atom stereocenters. The second-order valence-corrected chi connectivity index (χ2v) is 5.41. The van der Waals surface area contributed by atoms with Crippen LogP contribution < -0.4 is 4.74 Å². The summed E-state index contributed by atoms with van der Waals surface area (Å²) in [5, 5.41) is 9.10. The highest BCUT2D eigenvalue weighted by molar-refractivity contribution is 6.35. The van der Waals surface area contributed by atoms with Crippen LogP contribution in [0, 0.1) is 0 Å². The Labute approximate surface area is 136 Å². The third kappa shape index (κ3) is 3.37. The van der Waals surface area contributed by atoms with E-state index in [0.29, 0.717) is 23.4 Å². The van der Waals surface area contributed by atoms with Gasteiger partial charge in [0.25, 0.3) is 11.8 Å². The van der Waals surface area contributed by atoms with Gasteiger partial charge in [-0.1, -0.05) is 19.1 Å². The van der Waals surface area contributed by atoms with Crippen molar-refractivity contribution in [2.24, 2.45) is 0 Å². The maximum Gasteiger partial charge on any atom is 0.277 e. The largest absolute Gasteiger partial charge is 0.494 e.